The van der Waals surface area contributed by atoms with Gasteiger partial charge in [-0.25, -0.2) is 0 Å². The molecule has 0 nitrogen and oxygen atoms in total. The van der Waals surface area contributed by atoms with Crippen molar-refractivity contribution in [2.75, 3.05) is 0 Å². The summed E-state index contributed by atoms with van der Waals surface area (Å²) in [4.78, 5) is 0. The number of rotatable bonds is 0. The Kier molecular flexibility index (Phi) is 0.587. The maximum Gasteiger partial charge on any atom is -0.00231 e. The van der Waals surface area contributed by atoms with E-state index in [9.17, 15) is 0 Å². The number of fused-ring (bicyclic) bond motifs is 1. The summed E-state index contributed by atoms with van der Waals surface area (Å²) in [5, 5.41) is 0. The molecule has 0 N–H and O–H groups in total. The lowest BCUT2D eigenvalue weighted by Gasteiger charge is -1.94. The highest BCUT2D eigenvalue weighted by atomic mass is 14.3. The smallest absolute Gasteiger partial charge is 0.00231 e. The Morgan fingerprint density at radius 2 is 2.25 bits per heavy atom. The van der Waals surface area contributed by atoms with E-state index in [2.05, 4.69) is 18.7 Å². The molecule has 0 aliphatic heterocycles. The van der Waals surface area contributed by atoms with Crippen LogP contribution in [0.25, 0.3) is 0 Å². The second-order valence-corrected chi connectivity index (χ2v) is 2.44. The van der Waals surface area contributed by atoms with Gasteiger partial charge in [0.25, 0.3) is 0 Å². The van der Waals surface area contributed by atoms with E-state index in [1.165, 1.54) is 17.6 Å². The Balaban J connectivity index is 2.42. The van der Waals surface area contributed by atoms with Crippen LogP contribution in [0.1, 0.15) is 12.8 Å². The Bertz CT molecular complexity index is 204. The molecule has 0 aromatic carbocycles. The molecule has 0 atom stereocenters. The van der Waals surface area contributed by atoms with E-state index in [-0.39, 0.29) is 0 Å². The van der Waals surface area contributed by atoms with Crippen LogP contribution in [0.3, 0.4) is 0 Å². The maximum atomic E-state index is 3.87. The Labute approximate surface area is 49.2 Å². The van der Waals surface area contributed by atoms with Crippen LogP contribution in [0.15, 0.2) is 35.5 Å². The van der Waals surface area contributed by atoms with Gasteiger partial charge in [-0.15, -0.1) is 0 Å². The highest BCUT2D eigenvalue weighted by molar-refractivity contribution is 5.56. The molecule has 1 saturated carbocycles. The minimum absolute atomic E-state index is 1.08. The van der Waals surface area contributed by atoms with Crippen LogP contribution in [0.4, 0.5) is 0 Å². The lowest BCUT2D eigenvalue weighted by Crippen LogP contribution is -1.74. The molecular weight excluding hydrogens is 96.1 g/mol. The van der Waals surface area contributed by atoms with Crippen LogP contribution < -0.4 is 0 Å². The highest BCUT2D eigenvalue weighted by Crippen LogP contribution is 2.41. The van der Waals surface area contributed by atoms with Crippen molar-refractivity contribution in [2.24, 2.45) is 0 Å². The average molecular weight is 104 g/mol. The minimum atomic E-state index is 1.08. The molecule has 0 amide bonds. The van der Waals surface area contributed by atoms with Crippen molar-refractivity contribution in [2.45, 2.75) is 12.8 Å². The second kappa shape index (κ2) is 1.13. The lowest BCUT2D eigenvalue weighted by atomic mass is 10.1. The third kappa shape index (κ3) is 0.460. The molecule has 8 heavy (non-hydrogen) atoms. The van der Waals surface area contributed by atoms with Crippen molar-refractivity contribution in [1.82, 2.24) is 0 Å². The van der Waals surface area contributed by atoms with Gasteiger partial charge in [0, 0.05) is 0 Å². The monoisotopic (exact) mass is 104 g/mol. The summed E-state index contributed by atoms with van der Waals surface area (Å²) in [5.41, 5.74) is 4.33. The number of hydrogen-bond acceptors (Lipinski definition) is 0. The van der Waals surface area contributed by atoms with E-state index in [1.807, 2.05) is 0 Å². The van der Waals surface area contributed by atoms with Crippen molar-refractivity contribution in [1.29, 1.82) is 0 Å². The van der Waals surface area contributed by atoms with Crippen LogP contribution in [0.5, 0.6) is 0 Å². The van der Waals surface area contributed by atoms with Gasteiger partial charge in [-0.1, -0.05) is 24.3 Å². The quantitative estimate of drug-likeness (QED) is 0.442. The number of allylic oxidation sites excluding steroid dienone is 5. The topological polar surface area (TPSA) is 0 Å². The van der Waals surface area contributed by atoms with E-state index in [0.29, 0.717) is 0 Å². The van der Waals surface area contributed by atoms with E-state index in [1.54, 1.807) is 5.57 Å². The van der Waals surface area contributed by atoms with Gasteiger partial charge in [0.1, 0.15) is 0 Å². The van der Waals surface area contributed by atoms with E-state index in [4.69, 9.17) is 0 Å². The molecule has 0 unspecified atom stereocenters. The third-order valence-electron chi connectivity index (χ3n) is 1.66. The standard InChI is InChI=1S/C8H8/c1-6-2-3-7-5-8(7)4-6/h3-4H,1-2,5H2. The van der Waals surface area contributed by atoms with E-state index >= 15 is 0 Å². The van der Waals surface area contributed by atoms with Crippen molar-refractivity contribution in [3.8, 4) is 0 Å². The molecule has 2 aliphatic rings. The summed E-state index contributed by atoms with van der Waals surface area (Å²) >= 11 is 0. The van der Waals surface area contributed by atoms with Gasteiger partial charge in [-0.3, -0.25) is 0 Å². The maximum absolute atomic E-state index is 3.87. The first kappa shape index (κ1) is 4.13. The SMILES string of the molecule is C=C1C=C2CC2=CC1. The molecular formula is C8H8. The Hall–Kier alpha value is -0.780. The molecule has 0 spiro atoms. The lowest BCUT2D eigenvalue weighted by molar-refractivity contribution is 1.28. The second-order valence-electron chi connectivity index (χ2n) is 2.44. The molecule has 1 fully saturated rings. The van der Waals surface area contributed by atoms with Crippen molar-refractivity contribution >= 4 is 0 Å². The van der Waals surface area contributed by atoms with Crippen molar-refractivity contribution in [3.05, 3.63) is 35.5 Å². The first-order valence-electron chi connectivity index (χ1n) is 2.94. The first-order chi connectivity index (χ1) is 3.86. The Morgan fingerprint density at radius 1 is 1.38 bits per heavy atom. The van der Waals surface area contributed by atoms with Crippen LogP contribution in [0.2, 0.25) is 0 Å². The predicted molar refractivity (Wildman–Crippen MR) is 34.5 cm³/mol. The molecule has 0 heterocycles. The molecule has 0 heteroatoms. The van der Waals surface area contributed by atoms with Crippen LogP contribution in [0, 0.1) is 0 Å². The summed E-state index contributed by atoms with van der Waals surface area (Å²) in [7, 11) is 0. The molecule has 0 radical (unpaired) electrons. The summed E-state index contributed by atoms with van der Waals surface area (Å²) in [6.45, 7) is 3.87. The zero-order chi connectivity index (χ0) is 5.56. The minimum Gasteiger partial charge on any atom is -0.0955 e. The zero-order valence-corrected chi connectivity index (χ0v) is 4.78. The van der Waals surface area contributed by atoms with E-state index in [0.717, 1.165) is 6.42 Å². The fourth-order valence-electron chi connectivity index (χ4n) is 1.07. The first-order valence-corrected chi connectivity index (χ1v) is 2.94. The number of hydrogen-bond donors (Lipinski definition) is 0. The summed E-state index contributed by atoms with van der Waals surface area (Å²) < 4.78 is 0. The summed E-state index contributed by atoms with van der Waals surface area (Å²) in [6.07, 6.45) is 6.80. The molecule has 2 rings (SSSR count). The molecule has 0 aromatic rings. The van der Waals surface area contributed by atoms with Gasteiger partial charge in [0.05, 0.1) is 0 Å². The van der Waals surface area contributed by atoms with Gasteiger partial charge in [0.2, 0.25) is 0 Å². The van der Waals surface area contributed by atoms with Gasteiger partial charge in [-0.2, -0.15) is 0 Å². The van der Waals surface area contributed by atoms with Gasteiger partial charge < -0.3 is 0 Å². The largest absolute Gasteiger partial charge is 0.0955 e. The highest BCUT2D eigenvalue weighted by Gasteiger charge is 2.22. The van der Waals surface area contributed by atoms with Gasteiger partial charge in [-0.05, 0) is 24.0 Å². The molecule has 2 aliphatic carbocycles. The zero-order valence-electron chi connectivity index (χ0n) is 4.78. The fourth-order valence-corrected chi connectivity index (χ4v) is 1.07. The summed E-state index contributed by atoms with van der Waals surface area (Å²) in [6, 6.07) is 0. The van der Waals surface area contributed by atoms with Crippen LogP contribution >= 0.6 is 0 Å². The van der Waals surface area contributed by atoms with Gasteiger partial charge >= 0.3 is 0 Å². The molecule has 0 aromatic heterocycles. The molecule has 0 bridgehead atoms. The van der Waals surface area contributed by atoms with E-state index < -0.39 is 0 Å². The van der Waals surface area contributed by atoms with Crippen LogP contribution in [-0.2, 0) is 0 Å². The van der Waals surface area contributed by atoms with Crippen LogP contribution in [-0.4, -0.2) is 0 Å². The van der Waals surface area contributed by atoms with Crippen molar-refractivity contribution < 1.29 is 0 Å². The fraction of sp³-hybridized carbons (Fsp3) is 0.250. The normalized spacial score (nSPS) is 23.8. The third-order valence-corrected chi connectivity index (χ3v) is 1.66. The molecule has 40 valence electrons. The van der Waals surface area contributed by atoms with Gasteiger partial charge in [0.15, 0.2) is 0 Å². The summed E-state index contributed by atoms with van der Waals surface area (Å²) in [5.74, 6) is 0. The Morgan fingerprint density at radius 3 is 2.88 bits per heavy atom. The average Bonchev–Trinajstić information content (AvgIpc) is 2.43. The predicted octanol–water partition coefficient (Wildman–Crippen LogP) is 2.20. The molecule has 0 saturated heterocycles. The van der Waals surface area contributed by atoms with Crippen molar-refractivity contribution in [3.63, 3.8) is 0 Å².